The second-order valence-corrected chi connectivity index (χ2v) is 3.92. The third-order valence-electron chi connectivity index (χ3n) is 2.55. The van der Waals surface area contributed by atoms with Crippen LogP contribution >= 0.6 is 0 Å². The van der Waals surface area contributed by atoms with Crippen LogP contribution in [0.1, 0.15) is 19.4 Å². The highest BCUT2D eigenvalue weighted by Crippen LogP contribution is 2.20. The topological polar surface area (TPSA) is 57.1 Å². The molecule has 0 fully saturated rings. The van der Waals surface area contributed by atoms with Gasteiger partial charge in [-0.25, -0.2) is 0 Å². The Bertz CT molecular complexity index is 558. The zero-order chi connectivity index (χ0) is 14.4. The molecule has 1 aromatic heterocycles. The van der Waals surface area contributed by atoms with E-state index in [0.29, 0.717) is 19.0 Å². The quantitative estimate of drug-likeness (QED) is 0.808. The maximum atomic E-state index is 5.34. The van der Waals surface area contributed by atoms with Gasteiger partial charge in [0, 0.05) is 5.56 Å². The Balaban J connectivity index is 2.39. The van der Waals surface area contributed by atoms with Crippen LogP contribution < -0.4 is 9.47 Å². The summed E-state index contributed by atoms with van der Waals surface area (Å²) in [5, 5.41) is 0. The normalized spacial score (nSPS) is 10.1. The molecule has 0 N–H and O–H groups in total. The van der Waals surface area contributed by atoms with Crippen LogP contribution in [0.5, 0.6) is 12.0 Å². The van der Waals surface area contributed by atoms with Crippen molar-refractivity contribution < 1.29 is 9.47 Å². The molecule has 0 radical (unpaired) electrons. The largest absolute Gasteiger partial charge is 0.464 e. The van der Waals surface area contributed by atoms with Gasteiger partial charge in [-0.3, -0.25) is 0 Å². The number of nitrogens with zero attached hydrogens (tertiary/aromatic N) is 3. The molecule has 0 saturated heterocycles. The number of rotatable bonds is 6. The van der Waals surface area contributed by atoms with Crippen LogP contribution in [0, 0.1) is 0 Å². The van der Waals surface area contributed by atoms with Crippen LogP contribution in [0.15, 0.2) is 30.8 Å². The van der Waals surface area contributed by atoms with Gasteiger partial charge in [-0.15, -0.1) is 4.98 Å². The predicted molar refractivity (Wildman–Crippen MR) is 77.7 cm³/mol. The standard InChI is InChI=1S/C15H17N3O2/c1-4-11-7-9-12(10-8-11)13-16-14(19-5-2)18-15(17-13)20-6-3/h4,7-10H,1,5-6H2,2-3H3. The molecule has 0 amide bonds. The molecular weight excluding hydrogens is 254 g/mol. The summed E-state index contributed by atoms with van der Waals surface area (Å²) in [4.78, 5) is 12.7. The van der Waals surface area contributed by atoms with Gasteiger partial charge in [-0.05, 0) is 19.4 Å². The third-order valence-corrected chi connectivity index (χ3v) is 2.55. The molecule has 104 valence electrons. The number of ether oxygens (including phenoxy) is 2. The molecule has 0 aliphatic carbocycles. The Morgan fingerprint density at radius 3 is 1.95 bits per heavy atom. The van der Waals surface area contributed by atoms with E-state index >= 15 is 0 Å². The van der Waals surface area contributed by atoms with Crippen LogP contribution in [-0.4, -0.2) is 28.2 Å². The molecule has 0 aliphatic heterocycles. The van der Waals surface area contributed by atoms with Crippen molar-refractivity contribution in [3.8, 4) is 23.4 Å². The van der Waals surface area contributed by atoms with E-state index in [1.807, 2.05) is 38.1 Å². The van der Waals surface area contributed by atoms with Crippen molar-refractivity contribution in [1.82, 2.24) is 15.0 Å². The molecule has 0 bridgehead atoms. The third kappa shape index (κ3) is 3.32. The number of hydrogen-bond donors (Lipinski definition) is 0. The number of aromatic nitrogens is 3. The summed E-state index contributed by atoms with van der Waals surface area (Å²) < 4.78 is 10.7. The maximum Gasteiger partial charge on any atom is 0.323 e. The Morgan fingerprint density at radius 2 is 1.50 bits per heavy atom. The van der Waals surface area contributed by atoms with Gasteiger partial charge in [0.05, 0.1) is 13.2 Å². The SMILES string of the molecule is C=Cc1ccc(-c2nc(OCC)nc(OCC)n2)cc1. The smallest absolute Gasteiger partial charge is 0.323 e. The molecule has 0 spiro atoms. The lowest BCUT2D eigenvalue weighted by molar-refractivity contribution is 0.280. The van der Waals surface area contributed by atoms with Crippen molar-refractivity contribution in [3.05, 3.63) is 36.4 Å². The summed E-state index contributed by atoms with van der Waals surface area (Å²) in [7, 11) is 0. The van der Waals surface area contributed by atoms with Crippen LogP contribution in [0.25, 0.3) is 17.5 Å². The van der Waals surface area contributed by atoms with Crippen molar-refractivity contribution in [2.24, 2.45) is 0 Å². The Hall–Kier alpha value is -2.43. The van der Waals surface area contributed by atoms with E-state index in [0.717, 1.165) is 11.1 Å². The fourth-order valence-electron chi connectivity index (χ4n) is 1.62. The highest BCUT2D eigenvalue weighted by Gasteiger charge is 2.09. The minimum Gasteiger partial charge on any atom is -0.464 e. The van der Waals surface area contributed by atoms with Crippen LogP contribution in [0.3, 0.4) is 0 Å². The van der Waals surface area contributed by atoms with E-state index in [9.17, 15) is 0 Å². The molecule has 0 saturated carbocycles. The molecule has 5 nitrogen and oxygen atoms in total. The second-order valence-electron chi connectivity index (χ2n) is 3.92. The van der Waals surface area contributed by atoms with Gasteiger partial charge < -0.3 is 9.47 Å². The number of hydrogen-bond acceptors (Lipinski definition) is 5. The monoisotopic (exact) mass is 271 g/mol. The van der Waals surface area contributed by atoms with Crippen LogP contribution in [0.4, 0.5) is 0 Å². The lowest BCUT2D eigenvalue weighted by Crippen LogP contribution is -2.05. The first kappa shape index (κ1) is 14.0. The van der Waals surface area contributed by atoms with E-state index in [-0.39, 0.29) is 12.0 Å². The van der Waals surface area contributed by atoms with Crippen molar-refractivity contribution in [2.45, 2.75) is 13.8 Å². The lowest BCUT2D eigenvalue weighted by Gasteiger charge is -2.07. The molecule has 1 heterocycles. The van der Waals surface area contributed by atoms with Gasteiger partial charge in [0.2, 0.25) is 0 Å². The van der Waals surface area contributed by atoms with Crippen molar-refractivity contribution in [2.75, 3.05) is 13.2 Å². The molecule has 1 aromatic carbocycles. The van der Waals surface area contributed by atoms with Crippen molar-refractivity contribution in [3.63, 3.8) is 0 Å². The lowest BCUT2D eigenvalue weighted by atomic mass is 10.1. The minimum atomic E-state index is 0.272. The fourth-order valence-corrected chi connectivity index (χ4v) is 1.62. The summed E-state index contributed by atoms with van der Waals surface area (Å²) in [6.45, 7) is 8.47. The Kier molecular flexibility index (Phi) is 4.65. The van der Waals surface area contributed by atoms with Gasteiger partial charge in [-0.2, -0.15) is 9.97 Å². The molecule has 2 rings (SSSR count). The Morgan fingerprint density at radius 1 is 0.950 bits per heavy atom. The van der Waals surface area contributed by atoms with Crippen LogP contribution in [0.2, 0.25) is 0 Å². The first-order valence-electron chi connectivity index (χ1n) is 6.51. The van der Waals surface area contributed by atoms with Gasteiger partial charge in [0.15, 0.2) is 5.82 Å². The first-order valence-corrected chi connectivity index (χ1v) is 6.51. The molecule has 0 atom stereocenters. The van der Waals surface area contributed by atoms with E-state index in [1.54, 1.807) is 6.08 Å². The molecule has 2 aromatic rings. The van der Waals surface area contributed by atoms with E-state index < -0.39 is 0 Å². The summed E-state index contributed by atoms with van der Waals surface area (Å²) in [6.07, 6.45) is 1.79. The zero-order valence-corrected chi connectivity index (χ0v) is 11.7. The molecular formula is C15H17N3O2. The first-order chi connectivity index (χ1) is 9.76. The van der Waals surface area contributed by atoms with Crippen molar-refractivity contribution >= 4 is 6.08 Å². The van der Waals surface area contributed by atoms with E-state index in [1.165, 1.54) is 0 Å². The highest BCUT2D eigenvalue weighted by atomic mass is 16.5. The average Bonchev–Trinajstić information content (AvgIpc) is 2.48. The molecule has 0 unspecified atom stereocenters. The molecule has 20 heavy (non-hydrogen) atoms. The van der Waals surface area contributed by atoms with E-state index in [4.69, 9.17) is 9.47 Å². The Labute approximate surface area is 118 Å². The minimum absolute atomic E-state index is 0.272. The van der Waals surface area contributed by atoms with Gasteiger partial charge >= 0.3 is 12.0 Å². The number of benzene rings is 1. The summed E-state index contributed by atoms with van der Waals surface area (Å²) >= 11 is 0. The van der Waals surface area contributed by atoms with Crippen molar-refractivity contribution in [1.29, 1.82) is 0 Å². The molecule has 0 aliphatic rings. The zero-order valence-electron chi connectivity index (χ0n) is 11.7. The maximum absolute atomic E-state index is 5.34. The van der Waals surface area contributed by atoms with E-state index in [2.05, 4.69) is 21.5 Å². The highest BCUT2D eigenvalue weighted by molar-refractivity contribution is 5.59. The second kappa shape index (κ2) is 6.65. The average molecular weight is 271 g/mol. The summed E-state index contributed by atoms with van der Waals surface area (Å²) in [5.41, 5.74) is 1.91. The van der Waals surface area contributed by atoms with Crippen LogP contribution in [-0.2, 0) is 0 Å². The van der Waals surface area contributed by atoms with Gasteiger partial charge in [0.1, 0.15) is 0 Å². The molecule has 5 heteroatoms. The summed E-state index contributed by atoms with van der Waals surface area (Å²) in [6, 6.07) is 8.30. The summed E-state index contributed by atoms with van der Waals surface area (Å²) in [5.74, 6) is 0.530. The van der Waals surface area contributed by atoms with Gasteiger partial charge in [-0.1, -0.05) is 36.9 Å². The fraction of sp³-hybridized carbons (Fsp3) is 0.267. The predicted octanol–water partition coefficient (Wildman–Crippen LogP) is 2.98. The van der Waals surface area contributed by atoms with Gasteiger partial charge in [0.25, 0.3) is 0 Å².